The summed E-state index contributed by atoms with van der Waals surface area (Å²) in [5, 5.41) is 13.5. The molecule has 59 valence electrons. The summed E-state index contributed by atoms with van der Waals surface area (Å²) in [5.41, 5.74) is 0. The first-order valence-electron chi connectivity index (χ1n) is 3.63. The fourth-order valence-electron chi connectivity index (χ4n) is 1.22. The molecule has 2 aromatic rings. The number of fused-ring (bicyclic) bond motifs is 1. The normalized spacial score (nSPS) is 10.4. The summed E-state index contributed by atoms with van der Waals surface area (Å²) in [6.07, 6.45) is 0. The second-order valence-electron chi connectivity index (χ2n) is 2.62. The van der Waals surface area contributed by atoms with Crippen LogP contribution >= 0.6 is 11.6 Å². The Kier molecular flexibility index (Phi) is 1.66. The number of hydrogen-bond donors (Lipinski definition) is 0. The molecule has 0 aliphatic heterocycles. The van der Waals surface area contributed by atoms with Gasteiger partial charge in [-0.05, 0) is 29.7 Å². The Labute approximate surface area is 75.2 Å². The summed E-state index contributed by atoms with van der Waals surface area (Å²) >= 11 is 5.77. The van der Waals surface area contributed by atoms with Gasteiger partial charge in [-0.1, -0.05) is 23.7 Å². The maximum absolute atomic E-state index is 11.2. The monoisotopic (exact) mass is 177 g/mol. The molecule has 2 rings (SSSR count). The van der Waals surface area contributed by atoms with Gasteiger partial charge in [0, 0.05) is 10.4 Å². The highest BCUT2D eigenvalue weighted by Crippen LogP contribution is 2.26. The molecule has 0 saturated carbocycles. The van der Waals surface area contributed by atoms with Crippen molar-refractivity contribution in [3.05, 3.63) is 41.4 Å². The van der Waals surface area contributed by atoms with Gasteiger partial charge >= 0.3 is 0 Å². The first kappa shape index (κ1) is 7.44. The van der Waals surface area contributed by atoms with Crippen molar-refractivity contribution in [1.29, 1.82) is 0 Å². The summed E-state index contributed by atoms with van der Waals surface area (Å²) in [6, 6.07) is 10.4. The van der Waals surface area contributed by atoms with E-state index in [1.807, 2.05) is 6.07 Å². The van der Waals surface area contributed by atoms with Crippen molar-refractivity contribution in [1.82, 2.24) is 0 Å². The van der Waals surface area contributed by atoms with E-state index in [1.165, 1.54) is 0 Å². The largest absolute Gasteiger partial charge is 0.289 e. The van der Waals surface area contributed by atoms with Crippen molar-refractivity contribution in [3.63, 3.8) is 0 Å². The van der Waals surface area contributed by atoms with Crippen LogP contribution < -0.4 is 0 Å². The molecule has 12 heavy (non-hydrogen) atoms. The van der Waals surface area contributed by atoms with E-state index in [1.54, 1.807) is 30.3 Å². The molecule has 1 nitrogen and oxygen atoms in total. The van der Waals surface area contributed by atoms with Gasteiger partial charge < -0.3 is 0 Å². The van der Waals surface area contributed by atoms with E-state index in [0.717, 1.165) is 10.8 Å². The van der Waals surface area contributed by atoms with E-state index in [4.69, 9.17) is 11.6 Å². The minimum Gasteiger partial charge on any atom is -0.289 e. The number of benzene rings is 2. The summed E-state index contributed by atoms with van der Waals surface area (Å²) in [4.78, 5) is 0. The van der Waals surface area contributed by atoms with Gasteiger partial charge in [-0.2, -0.15) is 0 Å². The molecule has 0 atom stereocenters. The van der Waals surface area contributed by atoms with Crippen molar-refractivity contribution in [2.24, 2.45) is 0 Å². The highest BCUT2D eigenvalue weighted by Gasteiger charge is 1.99. The summed E-state index contributed by atoms with van der Waals surface area (Å²) in [7, 11) is 0. The average molecular weight is 178 g/mol. The molecule has 0 aliphatic rings. The van der Waals surface area contributed by atoms with Crippen LogP contribution in [0.4, 0.5) is 0 Å². The molecule has 1 radical (unpaired) electrons. The standard InChI is InChI=1S/C10H6ClO/c11-8-4-5-9-7(6-8)2-1-3-10(9)12/h1-6H. The molecule has 0 fully saturated rings. The zero-order valence-corrected chi connectivity index (χ0v) is 7.01. The lowest BCUT2D eigenvalue weighted by Crippen LogP contribution is -1.71. The molecule has 0 spiro atoms. The van der Waals surface area contributed by atoms with Crippen LogP contribution in [-0.2, 0) is 5.11 Å². The molecule has 0 N–H and O–H groups in total. The van der Waals surface area contributed by atoms with Gasteiger partial charge in [0.2, 0.25) is 0 Å². The summed E-state index contributed by atoms with van der Waals surface area (Å²) in [5.74, 6) is 0.0455. The fraction of sp³-hybridized carbons (Fsp3) is 0. The molecule has 0 aliphatic carbocycles. The summed E-state index contributed by atoms with van der Waals surface area (Å²) < 4.78 is 0. The molecule has 0 heterocycles. The first-order valence-corrected chi connectivity index (χ1v) is 4.00. The van der Waals surface area contributed by atoms with Crippen molar-refractivity contribution < 1.29 is 5.11 Å². The molecule has 0 unspecified atom stereocenters. The van der Waals surface area contributed by atoms with Crippen LogP contribution in [0.2, 0.25) is 5.02 Å². The van der Waals surface area contributed by atoms with Gasteiger partial charge in [0.1, 0.15) is 0 Å². The lowest BCUT2D eigenvalue weighted by molar-refractivity contribution is 0.360. The van der Waals surface area contributed by atoms with E-state index < -0.39 is 0 Å². The third-order valence-corrected chi connectivity index (χ3v) is 2.04. The van der Waals surface area contributed by atoms with Crippen LogP contribution in [0.25, 0.3) is 10.8 Å². The molecule has 2 aromatic carbocycles. The van der Waals surface area contributed by atoms with Gasteiger partial charge in [0.15, 0.2) is 5.75 Å². The lowest BCUT2D eigenvalue weighted by Gasteiger charge is -1.97. The van der Waals surface area contributed by atoms with Crippen LogP contribution in [0, 0.1) is 0 Å². The zero-order chi connectivity index (χ0) is 8.55. The van der Waals surface area contributed by atoms with E-state index in [2.05, 4.69) is 0 Å². The molecule has 0 amide bonds. The second-order valence-corrected chi connectivity index (χ2v) is 3.06. The van der Waals surface area contributed by atoms with Crippen molar-refractivity contribution in [3.8, 4) is 5.75 Å². The van der Waals surface area contributed by atoms with Gasteiger partial charge in [-0.3, -0.25) is 5.11 Å². The Bertz CT molecular complexity index is 423. The molecule has 0 bridgehead atoms. The van der Waals surface area contributed by atoms with Crippen LogP contribution in [0.3, 0.4) is 0 Å². The second kappa shape index (κ2) is 2.68. The Hall–Kier alpha value is -1.21. The Balaban J connectivity index is 2.86. The molecule has 2 heteroatoms. The van der Waals surface area contributed by atoms with Gasteiger partial charge in [-0.15, -0.1) is 0 Å². The maximum atomic E-state index is 11.2. The number of hydrogen-bond acceptors (Lipinski definition) is 0. The Morgan fingerprint density at radius 3 is 2.75 bits per heavy atom. The number of rotatable bonds is 0. The van der Waals surface area contributed by atoms with Crippen LogP contribution in [0.1, 0.15) is 0 Å². The maximum Gasteiger partial charge on any atom is 0.186 e. The molecule has 0 saturated heterocycles. The highest BCUT2D eigenvalue weighted by molar-refractivity contribution is 6.31. The Morgan fingerprint density at radius 1 is 1.08 bits per heavy atom. The quantitative estimate of drug-likeness (QED) is 0.586. The van der Waals surface area contributed by atoms with E-state index >= 15 is 0 Å². The van der Waals surface area contributed by atoms with Gasteiger partial charge in [-0.25, -0.2) is 0 Å². The smallest absolute Gasteiger partial charge is 0.186 e. The van der Waals surface area contributed by atoms with Crippen molar-refractivity contribution in [2.45, 2.75) is 0 Å². The van der Waals surface area contributed by atoms with E-state index in [0.29, 0.717) is 5.02 Å². The van der Waals surface area contributed by atoms with Gasteiger partial charge in [0.05, 0.1) is 0 Å². The molecular weight excluding hydrogens is 172 g/mol. The predicted octanol–water partition coefficient (Wildman–Crippen LogP) is 3.64. The fourth-order valence-corrected chi connectivity index (χ4v) is 1.41. The SMILES string of the molecule is [O]c1cccc2cc(Cl)ccc12. The van der Waals surface area contributed by atoms with E-state index in [-0.39, 0.29) is 5.75 Å². The Morgan fingerprint density at radius 2 is 1.92 bits per heavy atom. The van der Waals surface area contributed by atoms with Crippen LogP contribution in [0.5, 0.6) is 5.75 Å². The van der Waals surface area contributed by atoms with Gasteiger partial charge in [0.25, 0.3) is 0 Å². The van der Waals surface area contributed by atoms with Crippen LogP contribution in [0.15, 0.2) is 36.4 Å². The minimum absolute atomic E-state index is 0.0455. The topological polar surface area (TPSA) is 19.9 Å². The zero-order valence-electron chi connectivity index (χ0n) is 6.25. The third-order valence-electron chi connectivity index (χ3n) is 1.80. The van der Waals surface area contributed by atoms with Crippen molar-refractivity contribution >= 4 is 22.4 Å². The van der Waals surface area contributed by atoms with E-state index in [9.17, 15) is 5.11 Å². The first-order chi connectivity index (χ1) is 5.77. The van der Waals surface area contributed by atoms with Crippen molar-refractivity contribution in [2.75, 3.05) is 0 Å². The molecular formula is C10H6ClO. The summed E-state index contributed by atoms with van der Waals surface area (Å²) in [6.45, 7) is 0. The third kappa shape index (κ3) is 1.12. The predicted molar refractivity (Wildman–Crippen MR) is 49.1 cm³/mol. The molecule has 0 aromatic heterocycles. The lowest BCUT2D eigenvalue weighted by atomic mass is 10.1. The number of halogens is 1. The van der Waals surface area contributed by atoms with Crippen LogP contribution in [-0.4, -0.2) is 0 Å². The minimum atomic E-state index is 0.0455. The average Bonchev–Trinajstić information content (AvgIpc) is 2.04. The highest BCUT2D eigenvalue weighted by atomic mass is 35.5.